The Morgan fingerprint density at radius 2 is 2.00 bits per heavy atom. The van der Waals surface area contributed by atoms with Crippen LogP contribution in [0, 0.1) is 4.91 Å². The van der Waals surface area contributed by atoms with Crippen LogP contribution in [0.3, 0.4) is 0 Å². The molecule has 0 aromatic rings. The van der Waals surface area contributed by atoms with Crippen LogP contribution in [-0.4, -0.2) is 31.5 Å². The summed E-state index contributed by atoms with van der Waals surface area (Å²) in [5.41, 5.74) is 3.85. The van der Waals surface area contributed by atoms with Gasteiger partial charge in [-0.1, -0.05) is 59.0 Å². The Hall–Kier alpha value is -0.830. The van der Waals surface area contributed by atoms with Crippen molar-refractivity contribution in [3.63, 3.8) is 0 Å². The van der Waals surface area contributed by atoms with E-state index in [-0.39, 0.29) is 12.5 Å². The molecule has 0 atom stereocenters. The van der Waals surface area contributed by atoms with Gasteiger partial charge in [0.2, 0.25) is 0 Å². The van der Waals surface area contributed by atoms with E-state index in [1.165, 1.54) is 5.57 Å². The van der Waals surface area contributed by atoms with E-state index >= 15 is 0 Å². The zero-order valence-corrected chi connectivity index (χ0v) is 20.1. The number of ether oxygens (including phenoxy) is 2. The van der Waals surface area contributed by atoms with E-state index in [9.17, 15) is 9.70 Å². The van der Waals surface area contributed by atoms with Crippen molar-refractivity contribution in [2.75, 3.05) is 25.5 Å². The quantitative estimate of drug-likeness (QED) is 0.0603. The van der Waals surface area contributed by atoms with Gasteiger partial charge >= 0.3 is 5.97 Å². The third-order valence-corrected chi connectivity index (χ3v) is 5.68. The summed E-state index contributed by atoms with van der Waals surface area (Å²) in [4.78, 5) is 22.6. The maximum atomic E-state index is 12.1. The second kappa shape index (κ2) is 16.2. The summed E-state index contributed by atoms with van der Waals surface area (Å²) in [6.45, 7) is 11.2. The highest BCUT2D eigenvalue weighted by Gasteiger charge is 2.27. The Bertz CT molecular complexity index is 564. The second-order valence-electron chi connectivity index (χ2n) is 5.69. The summed E-state index contributed by atoms with van der Waals surface area (Å²) in [5, 5.41) is 2.94. The zero-order chi connectivity index (χ0) is 20.7. The zero-order valence-electron chi connectivity index (χ0n) is 17.1. The van der Waals surface area contributed by atoms with E-state index < -0.39 is 0 Å². The van der Waals surface area contributed by atoms with Crippen LogP contribution in [0.2, 0.25) is 0 Å². The van der Waals surface area contributed by atoms with Crippen LogP contribution in [0.5, 0.6) is 0 Å². The number of nitrogens with zero attached hydrogens (tertiary/aromatic N) is 1. The summed E-state index contributed by atoms with van der Waals surface area (Å²) >= 11 is 2.23. The van der Waals surface area contributed by atoms with E-state index in [1.54, 1.807) is 8.93 Å². The van der Waals surface area contributed by atoms with Crippen LogP contribution in [0.1, 0.15) is 60.3 Å². The van der Waals surface area contributed by atoms with E-state index in [0.717, 1.165) is 29.7 Å². The van der Waals surface area contributed by atoms with Crippen molar-refractivity contribution in [1.29, 1.82) is 0 Å². The molecule has 1 saturated heterocycles. The Morgan fingerprint density at radius 3 is 2.48 bits per heavy atom. The minimum atomic E-state index is -0.281. The molecule has 154 valence electrons. The number of allylic oxidation sites excluding steroid dienone is 3. The van der Waals surface area contributed by atoms with Crippen LogP contribution < -0.4 is 0 Å². The van der Waals surface area contributed by atoms with Gasteiger partial charge < -0.3 is 9.47 Å². The topological polar surface area (TPSA) is 65.0 Å². The Morgan fingerprint density at radius 1 is 1.33 bits per heavy atom. The lowest BCUT2D eigenvalue weighted by molar-refractivity contribution is -0.135. The van der Waals surface area contributed by atoms with Gasteiger partial charge in [0.05, 0.1) is 18.8 Å². The molecule has 0 aliphatic carbocycles. The molecule has 27 heavy (non-hydrogen) atoms. The maximum absolute atomic E-state index is 12.1. The number of carbonyl (C=O) groups is 1. The Kier molecular flexibility index (Phi) is 15.7. The SMILES string of the molecule is CC.CCC(CC)=C(C/C=C(\C)CN=O)/C(OCCSI)=C1\CCOC1=O. The molecule has 0 aromatic carbocycles. The minimum Gasteiger partial charge on any atom is -0.492 e. The standard InChI is InChI=1S/C18H26INO4S.C2H6/c1-4-14(5-2)15(7-6-13(3)12-20-22)17(23-10-11-25-19)16-8-9-24-18(16)21;1-2/h6H,4-5,7-12H2,1-3H3;1-2H3/b13-6+,17-16-;. The normalized spacial score (nSPS) is 15.5. The minimum absolute atomic E-state index is 0.182. The fourth-order valence-corrected chi connectivity index (χ4v) is 3.38. The molecule has 7 heteroatoms. The van der Waals surface area contributed by atoms with Crippen molar-refractivity contribution in [3.05, 3.63) is 39.0 Å². The van der Waals surface area contributed by atoms with Crippen molar-refractivity contribution in [3.8, 4) is 0 Å². The van der Waals surface area contributed by atoms with Crippen molar-refractivity contribution in [2.45, 2.75) is 60.3 Å². The molecular weight excluding hydrogens is 477 g/mol. The highest BCUT2D eigenvalue weighted by molar-refractivity contribution is 14.2. The van der Waals surface area contributed by atoms with Crippen molar-refractivity contribution < 1.29 is 14.3 Å². The lowest BCUT2D eigenvalue weighted by Crippen LogP contribution is -2.09. The average Bonchev–Trinajstić information content (AvgIpc) is 3.10. The molecule has 5 nitrogen and oxygen atoms in total. The number of cyclic esters (lactones) is 1. The van der Waals surface area contributed by atoms with Gasteiger partial charge in [-0.25, -0.2) is 4.79 Å². The summed E-state index contributed by atoms with van der Waals surface area (Å²) in [6.07, 6.45) is 4.98. The van der Waals surface area contributed by atoms with E-state index in [1.807, 2.05) is 26.8 Å². The summed E-state index contributed by atoms with van der Waals surface area (Å²) in [7, 11) is 1.67. The fourth-order valence-electron chi connectivity index (χ4n) is 2.69. The fraction of sp³-hybridized carbons (Fsp3) is 0.650. The van der Waals surface area contributed by atoms with Crippen molar-refractivity contribution >= 4 is 36.1 Å². The highest BCUT2D eigenvalue weighted by atomic mass is 127. The number of rotatable bonds is 11. The molecule has 1 aliphatic heterocycles. The molecule has 0 amide bonds. The Balaban J connectivity index is 0.00000326. The van der Waals surface area contributed by atoms with Gasteiger partial charge in [-0.15, -0.1) is 0 Å². The number of hydrogen-bond acceptors (Lipinski definition) is 6. The number of hydrogen-bond donors (Lipinski definition) is 0. The van der Waals surface area contributed by atoms with E-state index in [2.05, 4.69) is 40.2 Å². The molecule has 1 heterocycles. The van der Waals surface area contributed by atoms with Crippen LogP contribution in [0.4, 0.5) is 0 Å². The third kappa shape index (κ3) is 9.27. The van der Waals surface area contributed by atoms with Crippen molar-refractivity contribution in [2.24, 2.45) is 5.18 Å². The summed E-state index contributed by atoms with van der Waals surface area (Å²) < 4.78 is 11.2. The molecular formula is C20H32INO4S. The molecule has 1 aliphatic rings. The lowest BCUT2D eigenvalue weighted by atomic mass is 9.95. The predicted octanol–water partition coefficient (Wildman–Crippen LogP) is 6.53. The number of esters is 1. The first-order chi connectivity index (χ1) is 13.1. The molecule has 1 rings (SSSR count). The largest absolute Gasteiger partial charge is 0.492 e. The first-order valence-corrected chi connectivity index (χ1v) is 13.0. The molecule has 0 bridgehead atoms. The monoisotopic (exact) mass is 509 g/mol. The average molecular weight is 509 g/mol. The van der Waals surface area contributed by atoms with Crippen LogP contribution >= 0.6 is 30.1 Å². The summed E-state index contributed by atoms with van der Waals surface area (Å²) in [5.74, 6) is 1.24. The Labute approximate surface area is 180 Å². The molecule has 0 saturated carbocycles. The van der Waals surface area contributed by atoms with Gasteiger partial charge in [0.15, 0.2) is 0 Å². The van der Waals surface area contributed by atoms with E-state index in [0.29, 0.717) is 37.4 Å². The lowest BCUT2D eigenvalue weighted by Gasteiger charge is -2.18. The second-order valence-corrected chi connectivity index (χ2v) is 8.18. The molecule has 0 unspecified atom stereocenters. The molecule has 0 spiro atoms. The number of carbonyl (C=O) groups excluding carboxylic acids is 1. The van der Waals surface area contributed by atoms with E-state index in [4.69, 9.17) is 9.47 Å². The van der Waals surface area contributed by atoms with Crippen molar-refractivity contribution in [1.82, 2.24) is 0 Å². The summed E-state index contributed by atoms with van der Waals surface area (Å²) in [6, 6.07) is 0. The molecule has 1 fully saturated rings. The van der Waals surface area contributed by atoms with Gasteiger partial charge in [-0.3, -0.25) is 0 Å². The number of nitroso groups, excluding NO2 is 1. The van der Waals surface area contributed by atoms with Gasteiger partial charge in [0, 0.05) is 12.2 Å². The van der Waals surface area contributed by atoms with Crippen LogP contribution in [0.25, 0.3) is 0 Å². The number of halogens is 1. The van der Waals surface area contributed by atoms with Gasteiger partial charge in [0.1, 0.15) is 12.3 Å². The first-order valence-electron chi connectivity index (χ1n) is 9.51. The third-order valence-electron chi connectivity index (χ3n) is 4.04. The van der Waals surface area contributed by atoms with Crippen LogP contribution in [0.15, 0.2) is 39.3 Å². The molecule has 0 radical (unpaired) electrons. The maximum Gasteiger partial charge on any atom is 0.337 e. The van der Waals surface area contributed by atoms with Gasteiger partial charge in [0.25, 0.3) is 0 Å². The van der Waals surface area contributed by atoms with Crippen LogP contribution in [-0.2, 0) is 14.3 Å². The molecule has 0 N–H and O–H groups in total. The smallest absolute Gasteiger partial charge is 0.337 e. The predicted molar refractivity (Wildman–Crippen MR) is 123 cm³/mol. The highest BCUT2D eigenvalue weighted by Crippen LogP contribution is 2.31. The van der Waals surface area contributed by atoms with Gasteiger partial charge in [-0.05, 0) is 53.0 Å². The first kappa shape index (κ1) is 26.2. The van der Waals surface area contributed by atoms with Gasteiger partial charge in [-0.2, -0.15) is 4.91 Å². The molecule has 0 aromatic heterocycles.